The van der Waals surface area contributed by atoms with E-state index in [4.69, 9.17) is 5.41 Å². The first kappa shape index (κ1) is 7.32. The Kier molecular flexibility index (Phi) is 2.10. The van der Waals surface area contributed by atoms with Crippen molar-refractivity contribution in [3.8, 4) is 0 Å². The molecule has 0 aromatic carbocycles. The molecule has 1 rings (SSSR count). The molecule has 0 heterocycles. The lowest BCUT2D eigenvalue weighted by Crippen LogP contribution is -2.04. The lowest BCUT2D eigenvalue weighted by Gasteiger charge is -2.00. The molecule has 1 aliphatic rings. The topological polar surface area (TPSA) is 35.9 Å². The largest absolute Gasteiger partial charge is 0.394 e. The second-order valence-corrected chi connectivity index (χ2v) is 2.80. The summed E-state index contributed by atoms with van der Waals surface area (Å²) in [7, 11) is 1.86. The molecule has 0 spiro atoms. The van der Waals surface area contributed by atoms with E-state index in [1.807, 2.05) is 20.2 Å². The van der Waals surface area contributed by atoms with Crippen molar-refractivity contribution in [2.45, 2.75) is 19.8 Å². The second-order valence-electron chi connectivity index (χ2n) is 2.80. The van der Waals surface area contributed by atoms with E-state index in [1.165, 1.54) is 12.8 Å². The molecule has 0 aliphatic heterocycles. The van der Waals surface area contributed by atoms with Gasteiger partial charge < -0.3 is 10.7 Å². The summed E-state index contributed by atoms with van der Waals surface area (Å²) in [6.07, 6.45) is 4.32. The molecule has 0 saturated heterocycles. The maximum Gasteiger partial charge on any atom is 0.0388 e. The van der Waals surface area contributed by atoms with Gasteiger partial charge in [-0.05, 0) is 25.3 Å². The average Bonchev–Trinajstić information content (AvgIpc) is 2.68. The highest BCUT2D eigenvalue weighted by Gasteiger charge is 2.26. The predicted molar refractivity (Wildman–Crippen MR) is 43.3 cm³/mol. The maximum absolute atomic E-state index is 7.61. The van der Waals surface area contributed by atoms with Crippen molar-refractivity contribution in [3.05, 3.63) is 11.8 Å². The number of rotatable bonds is 3. The van der Waals surface area contributed by atoms with Gasteiger partial charge in [0.2, 0.25) is 0 Å². The smallest absolute Gasteiger partial charge is 0.0388 e. The van der Waals surface area contributed by atoms with E-state index in [0.29, 0.717) is 5.92 Å². The molecule has 56 valence electrons. The highest BCUT2D eigenvalue weighted by molar-refractivity contribution is 6.00. The van der Waals surface area contributed by atoms with Gasteiger partial charge in [0, 0.05) is 24.9 Å². The summed E-state index contributed by atoms with van der Waals surface area (Å²) < 4.78 is 0. The third-order valence-corrected chi connectivity index (χ3v) is 1.77. The molecule has 0 bridgehead atoms. The Labute approximate surface area is 61.8 Å². The lowest BCUT2D eigenvalue weighted by molar-refractivity contribution is 1.07. The van der Waals surface area contributed by atoms with Crippen molar-refractivity contribution >= 4 is 5.71 Å². The van der Waals surface area contributed by atoms with Crippen LogP contribution in [-0.4, -0.2) is 12.8 Å². The lowest BCUT2D eigenvalue weighted by atomic mass is 10.1. The van der Waals surface area contributed by atoms with Crippen LogP contribution in [0.4, 0.5) is 0 Å². The van der Waals surface area contributed by atoms with E-state index in [1.54, 1.807) is 0 Å². The summed E-state index contributed by atoms with van der Waals surface area (Å²) in [6, 6.07) is 0. The molecule has 0 unspecified atom stereocenters. The van der Waals surface area contributed by atoms with Crippen molar-refractivity contribution in [2.75, 3.05) is 7.05 Å². The van der Waals surface area contributed by atoms with E-state index in [9.17, 15) is 0 Å². The van der Waals surface area contributed by atoms with Gasteiger partial charge in [0.05, 0.1) is 0 Å². The van der Waals surface area contributed by atoms with Crippen LogP contribution in [0, 0.1) is 11.3 Å². The van der Waals surface area contributed by atoms with Crippen molar-refractivity contribution in [1.82, 2.24) is 5.32 Å². The molecule has 0 aromatic rings. The normalized spacial score (nSPS) is 18.8. The molecular weight excluding hydrogens is 124 g/mol. The first-order chi connectivity index (χ1) is 4.75. The number of allylic oxidation sites excluding steroid dienone is 1. The molecule has 0 aromatic heterocycles. The SMILES string of the molecule is CN/C=C(/C)C(=N)C1CC1. The van der Waals surface area contributed by atoms with Gasteiger partial charge in [0.1, 0.15) is 0 Å². The summed E-state index contributed by atoms with van der Waals surface area (Å²) in [5, 5.41) is 10.5. The van der Waals surface area contributed by atoms with E-state index in [0.717, 1.165) is 11.3 Å². The average molecular weight is 138 g/mol. The van der Waals surface area contributed by atoms with Crippen molar-refractivity contribution < 1.29 is 0 Å². The number of nitrogens with one attached hydrogen (secondary N) is 2. The maximum atomic E-state index is 7.61. The Bertz CT molecular complexity index is 166. The zero-order chi connectivity index (χ0) is 7.56. The van der Waals surface area contributed by atoms with Crippen LogP contribution in [-0.2, 0) is 0 Å². The molecule has 2 N–H and O–H groups in total. The molecule has 2 nitrogen and oxygen atoms in total. The van der Waals surface area contributed by atoms with Gasteiger partial charge in [-0.2, -0.15) is 0 Å². The second kappa shape index (κ2) is 2.86. The Hall–Kier alpha value is -0.790. The molecule has 10 heavy (non-hydrogen) atoms. The minimum atomic E-state index is 0.574. The third kappa shape index (κ3) is 1.59. The first-order valence-corrected chi connectivity index (χ1v) is 3.68. The minimum Gasteiger partial charge on any atom is -0.394 e. The van der Waals surface area contributed by atoms with Gasteiger partial charge in [-0.25, -0.2) is 0 Å². The Morgan fingerprint density at radius 2 is 2.20 bits per heavy atom. The van der Waals surface area contributed by atoms with Crippen LogP contribution in [0.2, 0.25) is 0 Å². The van der Waals surface area contributed by atoms with Crippen LogP contribution in [0.3, 0.4) is 0 Å². The summed E-state index contributed by atoms with van der Waals surface area (Å²) in [4.78, 5) is 0. The predicted octanol–water partition coefficient (Wildman–Crippen LogP) is 1.54. The van der Waals surface area contributed by atoms with Gasteiger partial charge >= 0.3 is 0 Å². The monoisotopic (exact) mass is 138 g/mol. The van der Waals surface area contributed by atoms with Gasteiger partial charge in [-0.15, -0.1) is 0 Å². The van der Waals surface area contributed by atoms with Gasteiger partial charge in [0.25, 0.3) is 0 Å². The van der Waals surface area contributed by atoms with Crippen LogP contribution in [0.15, 0.2) is 11.8 Å². The zero-order valence-corrected chi connectivity index (χ0v) is 6.57. The molecule has 1 fully saturated rings. The van der Waals surface area contributed by atoms with Crippen LogP contribution >= 0.6 is 0 Å². The molecular formula is C8H14N2. The molecule has 1 aliphatic carbocycles. The first-order valence-electron chi connectivity index (χ1n) is 3.68. The molecule has 0 atom stereocenters. The number of hydrogen-bond donors (Lipinski definition) is 2. The van der Waals surface area contributed by atoms with E-state index >= 15 is 0 Å². The Morgan fingerprint density at radius 3 is 2.60 bits per heavy atom. The summed E-state index contributed by atoms with van der Waals surface area (Å²) in [5.74, 6) is 0.574. The summed E-state index contributed by atoms with van der Waals surface area (Å²) in [6.45, 7) is 1.98. The van der Waals surface area contributed by atoms with Crippen LogP contribution < -0.4 is 5.32 Å². The molecule has 0 radical (unpaired) electrons. The van der Waals surface area contributed by atoms with E-state index < -0.39 is 0 Å². The molecule has 2 heteroatoms. The highest BCUT2D eigenvalue weighted by Crippen LogP contribution is 2.32. The Balaban J connectivity index is 2.46. The molecule has 0 amide bonds. The third-order valence-electron chi connectivity index (χ3n) is 1.77. The van der Waals surface area contributed by atoms with Crippen LogP contribution in [0.25, 0.3) is 0 Å². The van der Waals surface area contributed by atoms with Gasteiger partial charge in [-0.1, -0.05) is 0 Å². The molecule has 1 saturated carbocycles. The zero-order valence-electron chi connectivity index (χ0n) is 6.57. The van der Waals surface area contributed by atoms with Gasteiger partial charge in [0.15, 0.2) is 0 Å². The minimum absolute atomic E-state index is 0.574. The van der Waals surface area contributed by atoms with Gasteiger partial charge in [-0.3, -0.25) is 0 Å². The van der Waals surface area contributed by atoms with Crippen molar-refractivity contribution in [2.24, 2.45) is 5.92 Å². The van der Waals surface area contributed by atoms with Crippen LogP contribution in [0.5, 0.6) is 0 Å². The van der Waals surface area contributed by atoms with Crippen molar-refractivity contribution in [3.63, 3.8) is 0 Å². The number of hydrogen-bond acceptors (Lipinski definition) is 2. The summed E-state index contributed by atoms with van der Waals surface area (Å²) in [5.41, 5.74) is 1.89. The fourth-order valence-corrected chi connectivity index (χ4v) is 0.988. The van der Waals surface area contributed by atoms with E-state index in [2.05, 4.69) is 5.32 Å². The quantitative estimate of drug-likeness (QED) is 0.570. The highest BCUT2D eigenvalue weighted by atomic mass is 14.8. The fourth-order valence-electron chi connectivity index (χ4n) is 0.988. The van der Waals surface area contributed by atoms with Crippen LogP contribution in [0.1, 0.15) is 19.8 Å². The van der Waals surface area contributed by atoms with E-state index in [-0.39, 0.29) is 0 Å². The van der Waals surface area contributed by atoms with Crippen molar-refractivity contribution in [1.29, 1.82) is 5.41 Å². The standard InChI is InChI=1S/C8H14N2/c1-6(5-10-2)8(9)7-3-4-7/h5,7,9-10H,3-4H2,1-2H3/b6-5-,9-8?. The fraction of sp³-hybridized carbons (Fsp3) is 0.625. The summed E-state index contributed by atoms with van der Waals surface area (Å²) >= 11 is 0. The Morgan fingerprint density at radius 1 is 1.60 bits per heavy atom.